The number of hydrogen-bond donors (Lipinski definition) is 0. The summed E-state index contributed by atoms with van der Waals surface area (Å²) in [6.07, 6.45) is 1.43. The highest BCUT2D eigenvalue weighted by Gasteiger charge is 2.25. The van der Waals surface area contributed by atoms with Crippen LogP contribution in [0.15, 0.2) is 112 Å². The second-order valence-corrected chi connectivity index (χ2v) is 16.4. The van der Waals surface area contributed by atoms with E-state index in [9.17, 15) is 36.7 Å². The number of benzene rings is 5. The van der Waals surface area contributed by atoms with Crippen LogP contribution in [-0.2, 0) is 27.5 Å². The summed E-state index contributed by atoms with van der Waals surface area (Å²) in [4.78, 5) is 50.1. The molecule has 2 heterocycles. The van der Waals surface area contributed by atoms with Crippen molar-refractivity contribution in [1.82, 2.24) is 4.57 Å². The Balaban J connectivity index is 0.000000236. The Kier molecular flexibility index (Phi) is 15.4. The van der Waals surface area contributed by atoms with Gasteiger partial charge in [-0.2, -0.15) is 0 Å². The average molecular weight is 993 g/mol. The van der Waals surface area contributed by atoms with E-state index in [-0.39, 0.29) is 60.4 Å². The minimum atomic E-state index is -0.712. The van der Waals surface area contributed by atoms with Gasteiger partial charge < -0.3 is 28.5 Å². The van der Waals surface area contributed by atoms with Gasteiger partial charge >= 0.3 is 5.97 Å². The SMILES string of the molecule is CC(=O)CCC(=O)c1cc(Br)ccc1OCc1ccc(F)cc1F.COC(=O)c1cc(N2CCCC2=O)cc(-n2c(C)ccc2-c2cc(Br)ccc2OCc2ccc(F)cc2F)c1. The molecule has 0 aliphatic carbocycles. The molecule has 1 amide bonds. The number of nitrogens with zero attached hydrogens (tertiary/aromatic N) is 2. The molecular formula is C48H40Br2F4N2O7. The van der Waals surface area contributed by atoms with Crippen molar-refractivity contribution in [2.45, 2.75) is 52.7 Å². The first-order chi connectivity index (χ1) is 30.1. The zero-order chi connectivity index (χ0) is 45.4. The molecule has 63 heavy (non-hydrogen) atoms. The Morgan fingerprint density at radius 1 is 0.698 bits per heavy atom. The second kappa shape index (κ2) is 20.9. The van der Waals surface area contributed by atoms with Crippen LogP contribution in [0.25, 0.3) is 16.9 Å². The number of methoxy groups -OCH3 is 1. The number of ketones is 2. The molecule has 0 unspecified atom stereocenters. The quantitative estimate of drug-likeness (QED) is 0.0608. The van der Waals surface area contributed by atoms with Gasteiger partial charge in [-0.3, -0.25) is 9.59 Å². The maximum absolute atomic E-state index is 14.3. The van der Waals surface area contributed by atoms with E-state index in [1.54, 1.807) is 41.3 Å². The summed E-state index contributed by atoms with van der Waals surface area (Å²) >= 11 is 6.81. The summed E-state index contributed by atoms with van der Waals surface area (Å²) < 4.78 is 74.2. The van der Waals surface area contributed by atoms with Crippen LogP contribution in [0.4, 0.5) is 23.2 Å². The van der Waals surface area contributed by atoms with Crippen LogP contribution in [0, 0.1) is 30.2 Å². The third kappa shape index (κ3) is 11.7. The first-order valence-corrected chi connectivity index (χ1v) is 21.2. The maximum atomic E-state index is 14.3. The smallest absolute Gasteiger partial charge is 0.337 e. The van der Waals surface area contributed by atoms with Gasteiger partial charge in [-0.05, 0) is 111 Å². The average Bonchev–Trinajstić information content (AvgIpc) is 3.87. The number of carbonyl (C=O) groups excluding carboxylic acids is 4. The number of aromatic nitrogens is 1. The molecule has 326 valence electrons. The molecule has 0 atom stereocenters. The Morgan fingerprint density at radius 2 is 1.30 bits per heavy atom. The maximum Gasteiger partial charge on any atom is 0.337 e. The number of halogens is 6. The summed E-state index contributed by atoms with van der Waals surface area (Å²) in [6, 6.07) is 26.1. The first kappa shape index (κ1) is 46.4. The molecule has 15 heteroatoms. The van der Waals surface area contributed by atoms with Crippen LogP contribution < -0.4 is 14.4 Å². The molecule has 6 aromatic rings. The molecular weight excluding hydrogens is 952 g/mol. The van der Waals surface area contributed by atoms with Gasteiger partial charge in [-0.25, -0.2) is 22.4 Å². The highest BCUT2D eigenvalue weighted by Crippen LogP contribution is 2.38. The second-order valence-electron chi connectivity index (χ2n) is 14.5. The molecule has 1 aliphatic heterocycles. The summed E-state index contributed by atoms with van der Waals surface area (Å²) in [6.45, 7) is 3.69. The number of Topliss-reactive ketones (excluding diaryl/α,β-unsaturated/α-hetero) is 2. The Bertz CT molecular complexity index is 2700. The molecule has 1 aliphatic rings. The number of amides is 1. The molecule has 1 saturated heterocycles. The van der Waals surface area contributed by atoms with Crippen LogP contribution in [-0.4, -0.2) is 41.7 Å². The number of carbonyl (C=O) groups is 4. The van der Waals surface area contributed by atoms with Crippen molar-refractivity contribution in [3.8, 4) is 28.4 Å². The number of rotatable bonds is 14. The Morgan fingerprint density at radius 3 is 1.89 bits per heavy atom. The zero-order valence-electron chi connectivity index (χ0n) is 34.3. The highest BCUT2D eigenvalue weighted by atomic mass is 79.9. The first-order valence-electron chi connectivity index (χ1n) is 19.6. The van der Waals surface area contributed by atoms with Crippen molar-refractivity contribution in [1.29, 1.82) is 0 Å². The predicted octanol–water partition coefficient (Wildman–Crippen LogP) is 11.8. The largest absolute Gasteiger partial charge is 0.488 e. The predicted molar refractivity (Wildman–Crippen MR) is 236 cm³/mol. The van der Waals surface area contributed by atoms with Crippen molar-refractivity contribution in [3.63, 3.8) is 0 Å². The number of esters is 1. The van der Waals surface area contributed by atoms with E-state index >= 15 is 0 Å². The molecule has 5 aromatic carbocycles. The summed E-state index contributed by atoms with van der Waals surface area (Å²) in [5, 5.41) is 0. The zero-order valence-corrected chi connectivity index (χ0v) is 37.5. The van der Waals surface area contributed by atoms with Crippen LogP contribution >= 0.6 is 31.9 Å². The van der Waals surface area contributed by atoms with E-state index in [4.69, 9.17) is 14.2 Å². The fourth-order valence-corrected chi connectivity index (χ4v) is 7.54. The van der Waals surface area contributed by atoms with Crippen molar-refractivity contribution < 1.29 is 51.0 Å². The van der Waals surface area contributed by atoms with E-state index < -0.39 is 29.2 Å². The summed E-state index contributed by atoms with van der Waals surface area (Å²) in [5.74, 6) is -2.76. The van der Waals surface area contributed by atoms with Crippen molar-refractivity contribution >= 4 is 61.0 Å². The van der Waals surface area contributed by atoms with E-state index in [0.29, 0.717) is 51.3 Å². The van der Waals surface area contributed by atoms with Gasteiger partial charge in [0.25, 0.3) is 0 Å². The van der Waals surface area contributed by atoms with E-state index in [2.05, 4.69) is 31.9 Å². The molecule has 9 nitrogen and oxygen atoms in total. The Hall–Kier alpha value is -6.06. The van der Waals surface area contributed by atoms with Crippen molar-refractivity contribution in [2.24, 2.45) is 0 Å². The molecule has 0 saturated carbocycles. The fourth-order valence-electron chi connectivity index (χ4n) is 6.82. The number of ether oxygens (including phenoxy) is 3. The van der Waals surface area contributed by atoms with Crippen LogP contribution in [0.3, 0.4) is 0 Å². The minimum absolute atomic E-state index is 0.00289. The molecule has 7 rings (SSSR count). The van der Waals surface area contributed by atoms with Crippen molar-refractivity contribution in [3.05, 3.63) is 163 Å². The number of aryl methyl sites for hydroxylation is 1. The van der Waals surface area contributed by atoms with E-state index in [1.807, 2.05) is 41.8 Å². The topological polar surface area (TPSA) is 104 Å². The lowest BCUT2D eigenvalue weighted by molar-refractivity contribution is -0.117. The van der Waals surface area contributed by atoms with Crippen LogP contribution in [0.1, 0.15) is 70.1 Å². The number of hydrogen-bond acceptors (Lipinski definition) is 7. The standard InChI is InChI=1S/C30H25BrF2N2O4.C18H15BrF2O3/c1-18-5-9-27(25-14-21(31)7-10-28(25)39-17-19-6-8-22(32)15-26(19)33)35(18)24-13-20(30(37)38-2)12-23(16-24)34-11-3-4-29(34)36;1-11(22)2-6-17(23)15-8-13(19)4-7-18(15)24-10-12-3-5-14(20)9-16(12)21/h5-10,12-16H,3-4,11,17H2,1-2H3;3-5,7-9H,2,6,10H2,1H3. The van der Waals surface area contributed by atoms with E-state index in [0.717, 1.165) is 40.5 Å². The molecule has 0 bridgehead atoms. The van der Waals surface area contributed by atoms with Crippen LogP contribution in [0.5, 0.6) is 11.5 Å². The molecule has 0 radical (unpaired) electrons. The van der Waals surface area contributed by atoms with Gasteiger partial charge in [-0.15, -0.1) is 0 Å². The lowest BCUT2D eigenvalue weighted by Crippen LogP contribution is -2.24. The summed E-state index contributed by atoms with van der Waals surface area (Å²) in [5.41, 5.74) is 4.67. The summed E-state index contributed by atoms with van der Waals surface area (Å²) in [7, 11) is 1.32. The lowest BCUT2D eigenvalue weighted by atomic mass is 10.0. The monoisotopic (exact) mass is 990 g/mol. The van der Waals surface area contributed by atoms with Gasteiger partial charge in [0, 0.05) is 80.6 Å². The minimum Gasteiger partial charge on any atom is -0.488 e. The highest BCUT2D eigenvalue weighted by molar-refractivity contribution is 9.10. The van der Waals surface area contributed by atoms with Crippen molar-refractivity contribution in [2.75, 3.05) is 18.6 Å². The number of anilines is 1. The molecule has 0 spiro atoms. The third-order valence-corrected chi connectivity index (χ3v) is 11.0. The lowest BCUT2D eigenvalue weighted by Gasteiger charge is -2.21. The molecule has 0 N–H and O–H groups in total. The van der Waals surface area contributed by atoms with Gasteiger partial charge in [-0.1, -0.05) is 31.9 Å². The normalized spacial score (nSPS) is 12.1. The third-order valence-electron chi connectivity index (χ3n) is 10.0. The van der Waals surface area contributed by atoms with Gasteiger partial charge in [0.2, 0.25) is 5.91 Å². The van der Waals surface area contributed by atoms with Gasteiger partial charge in [0.1, 0.15) is 53.8 Å². The van der Waals surface area contributed by atoms with Gasteiger partial charge in [0.15, 0.2) is 5.78 Å². The van der Waals surface area contributed by atoms with E-state index in [1.165, 1.54) is 32.2 Å². The van der Waals surface area contributed by atoms with Gasteiger partial charge in [0.05, 0.1) is 23.9 Å². The molecule has 1 aromatic heterocycles. The fraction of sp³-hybridized carbons (Fsp3) is 0.208. The molecule has 1 fully saturated rings. The van der Waals surface area contributed by atoms with Crippen LogP contribution in [0.2, 0.25) is 0 Å². The Labute approximate surface area is 377 Å².